The van der Waals surface area contributed by atoms with Crippen LogP contribution in [0.15, 0.2) is 24.3 Å². The first-order valence-electron chi connectivity index (χ1n) is 16.7. The van der Waals surface area contributed by atoms with Crippen LogP contribution >= 0.6 is 23.7 Å². The van der Waals surface area contributed by atoms with Crippen LogP contribution in [0, 0.1) is 11.3 Å². The van der Waals surface area contributed by atoms with E-state index in [4.69, 9.17) is 10.00 Å². The third-order valence-electron chi connectivity index (χ3n) is 8.57. The molecule has 2 aromatic rings. The second-order valence-electron chi connectivity index (χ2n) is 16.7. The van der Waals surface area contributed by atoms with Gasteiger partial charge in [-0.1, -0.05) is 67.5 Å². The Balaban J connectivity index is 0.00000183. The van der Waals surface area contributed by atoms with Gasteiger partial charge in [0.2, 0.25) is 0 Å². The fraction of sp³-hybridized carbons (Fsp3) is 0.649. The monoisotopic (exact) mass is 805 g/mol. The molecule has 0 aromatic heterocycles. The van der Waals surface area contributed by atoms with Gasteiger partial charge in [-0.15, -0.1) is 0 Å². The molecule has 3 rings (SSSR count). The van der Waals surface area contributed by atoms with Crippen molar-refractivity contribution in [3.05, 3.63) is 46.5 Å². The van der Waals surface area contributed by atoms with E-state index in [0.717, 1.165) is 0 Å². The third kappa shape index (κ3) is 13.9. The summed E-state index contributed by atoms with van der Waals surface area (Å²) in [5, 5.41) is 10.3. The molecule has 0 aliphatic carbocycles. The number of nitriles is 1. The molecule has 0 amide bonds. The standard InChI is InChI=1S/C35H56OP2.C2H3N.Cu.F6P/c1-21(2)37(22(3)4)29-19-25(33(9,10)11)17-27-31(29)36-32-28(35(27,15)16)18-26(34(12,13)14)20-30(32)38(23(5)6)24(7)8;1-2-3;;1-7(2,3,4,5)6/h17-24H,1-16H3;1H3;;/q;;+1;-1/p+2. The Kier molecular flexibility index (Phi) is 15.3. The van der Waals surface area contributed by atoms with Crippen LogP contribution < -0.4 is 15.3 Å². The molecule has 0 N–H and O–H groups in total. The minimum absolute atomic E-state index is 0. The Morgan fingerprint density at radius 3 is 1.04 bits per heavy atom. The summed E-state index contributed by atoms with van der Waals surface area (Å²) in [5.41, 5.74) is 8.26. The minimum Gasteiger partial charge on any atom is 1.00 e. The van der Waals surface area contributed by atoms with Gasteiger partial charge in [0.25, 0.3) is 0 Å². The molecule has 1 aliphatic rings. The Morgan fingerprint density at radius 1 is 0.633 bits per heavy atom. The quantitative estimate of drug-likeness (QED) is 0.165. The Morgan fingerprint density at radius 2 is 0.857 bits per heavy atom. The number of benzene rings is 2. The van der Waals surface area contributed by atoms with Crippen LogP contribution in [0.1, 0.15) is 140 Å². The molecule has 2 nitrogen and oxygen atoms in total. The summed E-state index contributed by atoms with van der Waals surface area (Å²) >= 11 is 0. The summed E-state index contributed by atoms with van der Waals surface area (Å²) in [5.74, 6) is 2.37. The molecule has 2 aromatic carbocycles. The first-order chi connectivity index (χ1) is 21.1. The molecule has 0 radical (unpaired) electrons. The molecule has 0 saturated heterocycles. The number of hydrogen-bond acceptors (Lipinski definition) is 2. The second-order valence-corrected chi connectivity index (χ2v) is 26.2. The van der Waals surface area contributed by atoms with Crippen molar-refractivity contribution in [2.45, 2.75) is 157 Å². The molecule has 1 heterocycles. The van der Waals surface area contributed by atoms with Crippen molar-refractivity contribution in [3.63, 3.8) is 0 Å². The maximum absolute atomic E-state index is 10.7. The molecular formula is C37H61CuF6NOP3+2. The molecule has 0 bridgehead atoms. The van der Waals surface area contributed by atoms with Crippen LogP contribution in [0.25, 0.3) is 0 Å². The maximum atomic E-state index is 9.87. The van der Waals surface area contributed by atoms with Crippen molar-refractivity contribution >= 4 is 34.3 Å². The second kappa shape index (κ2) is 15.6. The maximum Gasteiger partial charge on any atom is 1.00 e. The molecule has 1 aliphatic heterocycles. The van der Waals surface area contributed by atoms with Gasteiger partial charge in [-0.05, 0) is 89.5 Å². The van der Waals surface area contributed by atoms with Crippen LogP contribution in [0.2, 0.25) is 0 Å². The summed E-state index contributed by atoms with van der Waals surface area (Å²) in [6.07, 6.45) is 0. The van der Waals surface area contributed by atoms with Crippen LogP contribution in [-0.4, -0.2) is 22.6 Å². The van der Waals surface area contributed by atoms with E-state index in [1.807, 2.05) is 0 Å². The molecule has 0 atom stereocenters. The number of halogens is 6. The zero-order valence-electron chi connectivity index (χ0n) is 32.5. The van der Waals surface area contributed by atoms with E-state index in [1.165, 1.54) is 51.3 Å². The van der Waals surface area contributed by atoms with Gasteiger partial charge < -0.3 is 4.74 Å². The molecule has 0 spiro atoms. The van der Waals surface area contributed by atoms with Crippen molar-refractivity contribution < 1.29 is 47.0 Å². The van der Waals surface area contributed by atoms with E-state index in [9.17, 15) is 25.2 Å². The summed E-state index contributed by atoms with van der Waals surface area (Å²) in [7, 11) is -12.3. The molecule has 286 valence electrons. The Hall–Kier alpha value is -0.881. The van der Waals surface area contributed by atoms with Crippen LogP contribution in [-0.2, 0) is 33.3 Å². The predicted octanol–water partition coefficient (Wildman–Crippen LogP) is 13.9. The van der Waals surface area contributed by atoms with E-state index < -0.39 is 23.7 Å². The predicted molar refractivity (Wildman–Crippen MR) is 204 cm³/mol. The van der Waals surface area contributed by atoms with Gasteiger partial charge in [-0.3, -0.25) is 0 Å². The SMILES string of the molecule is CC#N.CC(C)[PH+](c1cc(C(C)(C)C)cc2c1Oc1c([PH+](C(C)C)C(C)C)cc(C(C)(C)C)cc1C2(C)C)C(C)C.F[P-](F)(F)(F)(F)F.[Cu+]. The van der Waals surface area contributed by atoms with E-state index in [-0.39, 0.29) is 33.3 Å². The molecule has 0 fully saturated rings. The van der Waals surface area contributed by atoms with Gasteiger partial charge in [-0.2, -0.15) is 5.26 Å². The molecule has 49 heavy (non-hydrogen) atoms. The zero-order chi connectivity index (χ0) is 38.2. The normalized spacial score (nSPS) is 15.6. The van der Waals surface area contributed by atoms with Crippen LogP contribution in [0.5, 0.6) is 11.5 Å². The van der Waals surface area contributed by atoms with Crippen molar-refractivity contribution in [1.82, 2.24) is 0 Å². The van der Waals surface area contributed by atoms with Crippen molar-refractivity contribution in [2.24, 2.45) is 0 Å². The van der Waals surface area contributed by atoms with Crippen molar-refractivity contribution in [2.75, 3.05) is 0 Å². The van der Waals surface area contributed by atoms with Gasteiger partial charge >= 0.3 is 50.1 Å². The molecule has 0 unspecified atom stereocenters. The van der Waals surface area contributed by atoms with Gasteiger partial charge in [0, 0.05) is 39.3 Å². The van der Waals surface area contributed by atoms with E-state index in [1.54, 1.807) is 6.07 Å². The first kappa shape index (κ1) is 48.1. The Labute approximate surface area is 306 Å². The average Bonchev–Trinajstić information content (AvgIpc) is 2.81. The van der Waals surface area contributed by atoms with Crippen LogP contribution in [0.3, 0.4) is 0 Å². The van der Waals surface area contributed by atoms with E-state index >= 15 is 0 Å². The average molecular weight is 806 g/mol. The van der Waals surface area contributed by atoms with E-state index in [2.05, 4.69) is 135 Å². The minimum atomic E-state index is -10.7. The fourth-order valence-electron chi connectivity index (χ4n) is 6.53. The number of hydrogen-bond donors (Lipinski definition) is 0. The van der Waals surface area contributed by atoms with Gasteiger partial charge in [0.1, 0.15) is 10.6 Å². The Bertz CT molecular complexity index is 1370. The number of rotatable bonds is 6. The van der Waals surface area contributed by atoms with Gasteiger partial charge in [0.15, 0.2) is 11.5 Å². The summed E-state index contributed by atoms with van der Waals surface area (Å²) in [6.45, 7) is 39.9. The third-order valence-corrected chi connectivity index (χ3v) is 15.5. The topological polar surface area (TPSA) is 33.0 Å². The summed E-state index contributed by atoms with van der Waals surface area (Å²) < 4.78 is 66.5. The molecule has 12 heteroatoms. The molecule has 0 saturated carbocycles. The van der Waals surface area contributed by atoms with Crippen molar-refractivity contribution in [3.8, 4) is 17.6 Å². The summed E-state index contributed by atoms with van der Waals surface area (Å²) in [4.78, 5) is 0. The zero-order valence-corrected chi connectivity index (χ0v) is 36.3. The van der Waals surface area contributed by atoms with E-state index in [0.29, 0.717) is 22.6 Å². The fourth-order valence-corrected chi connectivity index (χ4v) is 13.2. The van der Waals surface area contributed by atoms with Gasteiger partial charge in [-0.25, -0.2) is 0 Å². The van der Waals surface area contributed by atoms with Crippen LogP contribution in [0.4, 0.5) is 25.2 Å². The smallest absolute Gasteiger partial charge is 1.00 e. The number of fused-ring (bicyclic) bond motifs is 2. The molecular weight excluding hydrogens is 745 g/mol. The number of ether oxygens (including phenoxy) is 1. The van der Waals surface area contributed by atoms with Gasteiger partial charge in [0.05, 0.1) is 28.7 Å². The largest absolute Gasteiger partial charge is 1.00 e. The van der Waals surface area contributed by atoms with Crippen molar-refractivity contribution in [1.29, 1.82) is 5.26 Å². The number of nitrogens with zero attached hydrogens (tertiary/aromatic N) is 1. The first-order valence-corrected chi connectivity index (χ1v) is 22.1. The summed E-state index contributed by atoms with van der Waals surface area (Å²) in [6, 6.07) is 11.8.